The third-order valence-corrected chi connectivity index (χ3v) is 5.58. The van der Waals surface area contributed by atoms with Crippen LogP contribution >= 0.6 is 0 Å². The quantitative estimate of drug-likeness (QED) is 0.162. The Bertz CT molecular complexity index is 490. The van der Waals surface area contributed by atoms with E-state index in [-0.39, 0.29) is 0 Å². The molecule has 0 aromatic rings. The van der Waals surface area contributed by atoms with Gasteiger partial charge in [-0.05, 0) is 27.7 Å². The fourth-order valence-electron chi connectivity index (χ4n) is 1.73. The van der Waals surface area contributed by atoms with Crippen LogP contribution in [-0.4, -0.2) is 64.5 Å². The van der Waals surface area contributed by atoms with E-state index in [0.717, 1.165) is 14.2 Å². The van der Waals surface area contributed by atoms with Crippen molar-refractivity contribution in [2.24, 2.45) is 0 Å². The SMILES string of the molecule is CO[Si](OC)(OC(C)C)OC(C)(C)N([O])C(F)(F)C(F)(F)C(F)(F)C(F)F. The highest BCUT2D eigenvalue weighted by molar-refractivity contribution is 6.53. The van der Waals surface area contributed by atoms with Gasteiger partial charge in [0.2, 0.25) is 0 Å². The Morgan fingerprint density at radius 1 is 0.926 bits per heavy atom. The normalized spacial score (nSPS) is 15.3. The number of alkyl halides is 8. The summed E-state index contributed by atoms with van der Waals surface area (Å²) < 4.78 is 124. The molecule has 0 saturated heterocycles. The Balaban J connectivity index is 5.93. The molecule has 0 aromatic carbocycles. The van der Waals surface area contributed by atoms with E-state index in [1.807, 2.05) is 0 Å². The summed E-state index contributed by atoms with van der Waals surface area (Å²) in [6.07, 6.45) is -5.87. The summed E-state index contributed by atoms with van der Waals surface area (Å²) >= 11 is 0. The molecular formula is C12H20F8NO5Si. The van der Waals surface area contributed by atoms with Crippen LogP contribution in [0.25, 0.3) is 0 Å². The van der Waals surface area contributed by atoms with E-state index in [1.165, 1.54) is 13.8 Å². The zero-order valence-corrected chi connectivity index (χ0v) is 16.2. The van der Waals surface area contributed by atoms with Gasteiger partial charge in [-0.3, -0.25) is 0 Å². The molecule has 15 heteroatoms. The molecule has 0 rings (SSSR count). The summed E-state index contributed by atoms with van der Waals surface area (Å²) in [5, 5.41) is 9.98. The third kappa shape index (κ3) is 5.07. The second-order valence-electron chi connectivity index (χ2n) is 5.96. The van der Waals surface area contributed by atoms with Crippen LogP contribution in [-0.2, 0) is 22.9 Å². The molecule has 163 valence electrons. The molecule has 0 aliphatic rings. The second kappa shape index (κ2) is 8.42. The number of hydroxylamine groups is 2. The van der Waals surface area contributed by atoms with E-state index < -0.39 is 50.3 Å². The Morgan fingerprint density at radius 2 is 1.33 bits per heavy atom. The predicted molar refractivity (Wildman–Crippen MR) is 74.5 cm³/mol. The standard InChI is InChI=1S/C12H20F8NO5Si/c1-7(2)25-27(23-5,24-6)26-9(3,4)21(22)12(19,20)11(17,18)10(15,16)8(13)14/h7-8H,1-6H3. The van der Waals surface area contributed by atoms with Crippen LogP contribution in [0.5, 0.6) is 0 Å². The molecule has 6 nitrogen and oxygen atoms in total. The topological polar surface area (TPSA) is 60.1 Å². The van der Waals surface area contributed by atoms with E-state index in [1.54, 1.807) is 0 Å². The third-order valence-electron chi connectivity index (χ3n) is 3.07. The highest BCUT2D eigenvalue weighted by atomic mass is 28.4. The summed E-state index contributed by atoms with van der Waals surface area (Å²) in [5.74, 6) is -13.2. The van der Waals surface area contributed by atoms with Gasteiger partial charge in [-0.15, -0.1) is 5.21 Å². The molecule has 0 heterocycles. The fourth-order valence-corrected chi connectivity index (χ4v) is 3.57. The van der Waals surface area contributed by atoms with E-state index >= 15 is 0 Å². The van der Waals surface area contributed by atoms with Crippen molar-refractivity contribution in [1.29, 1.82) is 0 Å². The molecule has 0 spiro atoms. The zero-order valence-electron chi connectivity index (χ0n) is 15.2. The van der Waals surface area contributed by atoms with Crippen molar-refractivity contribution >= 4 is 9.05 Å². The second-order valence-corrected chi connectivity index (χ2v) is 8.21. The van der Waals surface area contributed by atoms with Crippen LogP contribution in [0.1, 0.15) is 27.7 Å². The molecule has 0 saturated carbocycles. The minimum absolute atomic E-state index is 0.494. The first kappa shape index (κ1) is 26.4. The zero-order chi connectivity index (χ0) is 22.1. The van der Waals surface area contributed by atoms with Crippen LogP contribution < -0.4 is 0 Å². The predicted octanol–water partition coefficient (Wildman–Crippen LogP) is 3.67. The van der Waals surface area contributed by atoms with Crippen molar-refractivity contribution in [3.05, 3.63) is 0 Å². The Morgan fingerprint density at radius 3 is 1.63 bits per heavy atom. The van der Waals surface area contributed by atoms with Crippen molar-refractivity contribution in [1.82, 2.24) is 5.06 Å². The largest absolute Gasteiger partial charge is 0.680 e. The maximum atomic E-state index is 13.9. The molecule has 0 amide bonds. The molecule has 0 N–H and O–H groups in total. The highest BCUT2D eigenvalue weighted by Gasteiger charge is 2.79. The van der Waals surface area contributed by atoms with Gasteiger partial charge in [0.15, 0.2) is 0 Å². The molecule has 0 aliphatic carbocycles. The van der Waals surface area contributed by atoms with Crippen molar-refractivity contribution in [2.45, 2.75) is 63.8 Å². The lowest BCUT2D eigenvalue weighted by Crippen LogP contribution is -2.69. The van der Waals surface area contributed by atoms with Gasteiger partial charge in [-0.2, -0.15) is 26.3 Å². The fraction of sp³-hybridized carbons (Fsp3) is 1.00. The highest BCUT2D eigenvalue weighted by Crippen LogP contribution is 2.51. The number of rotatable bonds is 11. The van der Waals surface area contributed by atoms with E-state index in [0.29, 0.717) is 13.8 Å². The van der Waals surface area contributed by atoms with Crippen LogP contribution in [0.4, 0.5) is 35.1 Å². The summed E-state index contributed by atoms with van der Waals surface area (Å²) in [7, 11) is -2.50. The van der Waals surface area contributed by atoms with Gasteiger partial charge in [0.25, 0.3) is 0 Å². The first-order valence-electron chi connectivity index (χ1n) is 7.22. The summed E-state index contributed by atoms with van der Waals surface area (Å²) in [6.45, 7) is 3.84. The Hall–Kier alpha value is -0.583. The van der Waals surface area contributed by atoms with E-state index in [2.05, 4.69) is 0 Å². The Labute approximate surface area is 151 Å². The molecule has 0 unspecified atom stereocenters. The first-order valence-corrected chi connectivity index (χ1v) is 8.85. The molecule has 0 aliphatic heterocycles. The summed E-state index contributed by atoms with van der Waals surface area (Å²) in [6, 6.07) is -6.30. The molecule has 0 aromatic heterocycles. The van der Waals surface area contributed by atoms with Crippen molar-refractivity contribution < 1.29 is 58.0 Å². The average molecular weight is 438 g/mol. The minimum Gasteiger partial charge on any atom is -0.355 e. The lowest BCUT2D eigenvalue weighted by atomic mass is 10.1. The summed E-state index contributed by atoms with van der Waals surface area (Å²) in [4.78, 5) is 0. The van der Waals surface area contributed by atoms with Gasteiger partial charge in [-0.1, -0.05) is 5.06 Å². The van der Waals surface area contributed by atoms with Gasteiger partial charge < -0.3 is 17.7 Å². The van der Waals surface area contributed by atoms with Crippen molar-refractivity contribution in [3.8, 4) is 0 Å². The van der Waals surface area contributed by atoms with E-state index in [4.69, 9.17) is 17.7 Å². The van der Waals surface area contributed by atoms with Crippen molar-refractivity contribution in [2.75, 3.05) is 14.2 Å². The molecule has 0 atom stereocenters. The number of halogens is 8. The van der Waals surface area contributed by atoms with Crippen LogP contribution in [0.2, 0.25) is 0 Å². The molecule has 0 fully saturated rings. The van der Waals surface area contributed by atoms with E-state index in [9.17, 15) is 40.3 Å². The van der Waals surface area contributed by atoms with Crippen LogP contribution in [0.15, 0.2) is 0 Å². The molecule has 1 radical (unpaired) electrons. The van der Waals surface area contributed by atoms with Gasteiger partial charge in [0, 0.05) is 20.3 Å². The molecule has 0 bridgehead atoms. The monoisotopic (exact) mass is 438 g/mol. The molecule has 27 heavy (non-hydrogen) atoms. The maximum Gasteiger partial charge on any atom is 0.680 e. The number of hydrogen-bond acceptors (Lipinski definition) is 5. The van der Waals surface area contributed by atoms with Gasteiger partial charge in [0.1, 0.15) is 5.72 Å². The molecular weight excluding hydrogens is 418 g/mol. The van der Waals surface area contributed by atoms with Gasteiger partial charge in [0.05, 0.1) is 0 Å². The average Bonchev–Trinajstić information content (AvgIpc) is 2.51. The van der Waals surface area contributed by atoms with Crippen LogP contribution in [0, 0.1) is 0 Å². The summed E-state index contributed by atoms with van der Waals surface area (Å²) in [5.41, 5.74) is -3.02. The number of nitrogens with zero attached hydrogens (tertiary/aromatic N) is 1. The van der Waals surface area contributed by atoms with Gasteiger partial charge >= 0.3 is 33.4 Å². The van der Waals surface area contributed by atoms with Crippen molar-refractivity contribution in [3.63, 3.8) is 0 Å². The lowest BCUT2D eigenvalue weighted by molar-refractivity contribution is -0.472. The smallest absolute Gasteiger partial charge is 0.355 e. The first-order chi connectivity index (χ1) is 11.8. The van der Waals surface area contributed by atoms with Crippen LogP contribution in [0.3, 0.4) is 0 Å². The maximum absolute atomic E-state index is 13.9. The number of hydrogen-bond donors (Lipinski definition) is 0. The lowest BCUT2D eigenvalue weighted by Gasteiger charge is -2.43. The minimum atomic E-state index is -6.74. The Kier molecular flexibility index (Phi) is 8.24. The van der Waals surface area contributed by atoms with Gasteiger partial charge in [-0.25, -0.2) is 8.78 Å².